The van der Waals surface area contributed by atoms with Gasteiger partial charge >= 0.3 is 12.2 Å². The molecule has 29 heavy (non-hydrogen) atoms. The Morgan fingerprint density at radius 3 is 2.21 bits per heavy atom. The van der Waals surface area contributed by atoms with Crippen molar-refractivity contribution in [2.75, 3.05) is 11.9 Å². The normalized spacial score (nSPS) is 20.2. The summed E-state index contributed by atoms with van der Waals surface area (Å²) >= 11 is 0. The molecule has 0 aromatic heterocycles. The number of nitrogens with one attached hydrogen (secondary N) is 3. The molecular weight excluding hydrogens is 417 g/mol. The molecule has 1 saturated heterocycles. The largest absolute Gasteiger partial charge is 0.435 e. The van der Waals surface area contributed by atoms with Crippen LogP contribution in [0.5, 0.6) is 0 Å². The van der Waals surface area contributed by atoms with Crippen molar-refractivity contribution < 1.29 is 36.0 Å². The lowest BCUT2D eigenvalue weighted by atomic mass is 10.1. The molecule has 4 amide bonds. The average molecular weight is 436 g/mol. The number of sulfonamides is 1. The van der Waals surface area contributed by atoms with Crippen LogP contribution in [-0.4, -0.2) is 49.5 Å². The van der Waals surface area contributed by atoms with Gasteiger partial charge in [0.15, 0.2) is 0 Å². The second kappa shape index (κ2) is 7.63. The Balaban J connectivity index is 2.41. The standard InChI is InChI=1S/C16H19F3N4O5S/c1-9(2)8-23-13(25)15(16(17,18)19,21-14(23)26)22-29(27,28)12-6-4-11(5-7-12)20-10(3)24/h4-7,9,22H,8H2,1-3H3,(H,20,24)(H,21,26)/t15-/m0/s1. The molecule has 0 saturated carbocycles. The first-order chi connectivity index (χ1) is 13.2. The molecule has 0 aliphatic carbocycles. The first kappa shape index (κ1) is 22.6. The van der Waals surface area contributed by atoms with Crippen LogP contribution < -0.4 is 15.4 Å². The molecule has 1 atom stereocenters. The minimum absolute atomic E-state index is 0.218. The van der Waals surface area contributed by atoms with Crippen LogP contribution in [0.3, 0.4) is 0 Å². The molecule has 1 aliphatic rings. The summed E-state index contributed by atoms with van der Waals surface area (Å²) < 4.78 is 67.7. The summed E-state index contributed by atoms with van der Waals surface area (Å²) in [6, 6.07) is 2.87. The van der Waals surface area contributed by atoms with E-state index in [1.165, 1.54) is 17.0 Å². The highest BCUT2D eigenvalue weighted by atomic mass is 32.2. The van der Waals surface area contributed by atoms with Crippen molar-refractivity contribution in [3.8, 4) is 0 Å². The summed E-state index contributed by atoms with van der Waals surface area (Å²) in [5, 5.41) is 3.81. The summed E-state index contributed by atoms with van der Waals surface area (Å²) in [4.78, 5) is 35.1. The number of rotatable bonds is 6. The number of carbonyl (C=O) groups excluding carboxylic acids is 3. The predicted octanol–water partition coefficient (Wildman–Crippen LogP) is 1.39. The van der Waals surface area contributed by atoms with Crippen LogP contribution >= 0.6 is 0 Å². The number of anilines is 1. The molecule has 1 aliphatic heterocycles. The fraction of sp³-hybridized carbons (Fsp3) is 0.438. The Hall–Kier alpha value is -2.67. The zero-order valence-electron chi connectivity index (χ0n) is 15.6. The van der Waals surface area contributed by atoms with Gasteiger partial charge in [-0.25, -0.2) is 13.2 Å². The summed E-state index contributed by atoms with van der Waals surface area (Å²) in [6.45, 7) is 4.05. The molecule has 1 aromatic carbocycles. The third-order valence-electron chi connectivity index (χ3n) is 3.85. The van der Waals surface area contributed by atoms with Crippen LogP contribution in [0.1, 0.15) is 20.8 Å². The minimum atomic E-state index is -5.45. The van der Waals surface area contributed by atoms with Crippen molar-refractivity contribution in [1.29, 1.82) is 0 Å². The third-order valence-corrected chi connectivity index (χ3v) is 5.32. The molecule has 0 bridgehead atoms. The van der Waals surface area contributed by atoms with Crippen molar-refractivity contribution in [2.24, 2.45) is 5.92 Å². The summed E-state index contributed by atoms with van der Waals surface area (Å²) in [5.74, 6) is -2.53. The van der Waals surface area contributed by atoms with Crippen molar-refractivity contribution in [2.45, 2.75) is 37.5 Å². The van der Waals surface area contributed by atoms with Gasteiger partial charge in [0, 0.05) is 19.2 Å². The quantitative estimate of drug-likeness (QED) is 0.582. The van der Waals surface area contributed by atoms with Gasteiger partial charge in [-0.3, -0.25) is 14.5 Å². The van der Waals surface area contributed by atoms with E-state index in [1.54, 1.807) is 13.8 Å². The molecule has 13 heteroatoms. The molecule has 160 valence electrons. The maximum Gasteiger partial charge on any atom is 0.435 e. The minimum Gasteiger partial charge on any atom is -0.326 e. The first-order valence-electron chi connectivity index (χ1n) is 8.32. The van der Waals surface area contributed by atoms with Gasteiger partial charge in [0.1, 0.15) is 0 Å². The molecule has 0 spiro atoms. The van der Waals surface area contributed by atoms with Gasteiger partial charge in [-0.15, -0.1) is 0 Å². The number of alkyl halides is 3. The number of halogens is 3. The smallest absolute Gasteiger partial charge is 0.326 e. The maximum atomic E-state index is 13.8. The van der Waals surface area contributed by atoms with E-state index in [0.717, 1.165) is 24.3 Å². The zero-order valence-corrected chi connectivity index (χ0v) is 16.4. The van der Waals surface area contributed by atoms with E-state index in [9.17, 15) is 36.0 Å². The van der Waals surface area contributed by atoms with Crippen molar-refractivity contribution in [3.63, 3.8) is 0 Å². The van der Waals surface area contributed by atoms with Gasteiger partial charge in [-0.2, -0.15) is 17.9 Å². The Morgan fingerprint density at radius 1 is 1.21 bits per heavy atom. The Labute approximate surface area is 164 Å². The van der Waals surface area contributed by atoms with Crippen LogP contribution in [0.25, 0.3) is 0 Å². The monoisotopic (exact) mass is 436 g/mol. The number of hydrogen-bond donors (Lipinski definition) is 3. The summed E-state index contributed by atoms with van der Waals surface area (Å²) in [6.07, 6.45) is -5.45. The van der Waals surface area contributed by atoms with Gasteiger partial charge in [0.05, 0.1) is 4.90 Å². The molecule has 1 heterocycles. The molecule has 1 fully saturated rings. The van der Waals surface area contributed by atoms with Crippen LogP contribution in [0.2, 0.25) is 0 Å². The van der Waals surface area contributed by atoms with Crippen LogP contribution in [-0.2, 0) is 19.6 Å². The van der Waals surface area contributed by atoms with Gasteiger partial charge < -0.3 is 10.6 Å². The second-order valence-corrected chi connectivity index (χ2v) is 8.48. The number of hydrogen-bond acceptors (Lipinski definition) is 5. The van der Waals surface area contributed by atoms with E-state index in [1.807, 2.05) is 0 Å². The predicted molar refractivity (Wildman–Crippen MR) is 94.9 cm³/mol. The third kappa shape index (κ3) is 4.50. The van der Waals surface area contributed by atoms with Crippen LogP contribution in [0.4, 0.5) is 23.7 Å². The van der Waals surface area contributed by atoms with E-state index in [4.69, 9.17) is 0 Å². The number of imide groups is 1. The number of carbonyl (C=O) groups is 3. The highest BCUT2D eigenvalue weighted by Crippen LogP contribution is 2.35. The fourth-order valence-corrected chi connectivity index (χ4v) is 3.88. The fourth-order valence-electron chi connectivity index (χ4n) is 2.61. The number of nitrogens with zero attached hydrogens (tertiary/aromatic N) is 1. The lowest BCUT2D eigenvalue weighted by Gasteiger charge is -2.29. The molecule has 0 radical (unpaired) electrons. The van der Waals surface area contributed by atoms with Gasteiger partial charge in [0.25, 0.3) is 11.6 Å². The number of urea groups is 1. The lowest BCUT2D eigenvalue weighted by Crippen LogP contribution is -2.69. The maximum absolute atomic E-state index is 13.8. The topological polar surface area (TPSA) is 125 Å². The van der Waals surface area contributed by atoms with E-state index < -0.39 is 44.6 Å². The average Bonchev–Trinajstić information content (AvgIpc) is 2.79. The first-order valence-corrected chi connectivity index (χ1v) is 9.80. The zero-order chi connectivity index (χ0) is 22.2. The van der Waals surface area contributed by atoms with Crippen molar-refractivity contribution >= 4 is 33.6 Å². The molecule has 9 nitrogen and oxygen atoms in total. The Morgan fingerprint density at radius 2 is 1.76 bits per heavy atom. The molecule has 1 aromatic rings. The molecule has 0 unspecified atom stereocenters. The summed E-state index contributed by atoms with van der Waals surface area (Å²) in [5.41, 5.74) is -3.61. The van der Waals surface area contributed by atoms with Crippen LogP contribution in [0.15, 0.2) is 29.2 Å². The second-order valence-electron chi connectivity index (χ2n) is 6.80. The van der Waals surface area contributed by atoms with Gasteiger partial charge in [0.2, 0.25) is 15.9 Å². The molecule has 3 N–H and O–H groups in total. The lowest BCUT2D eigenvalue weighted by molar-refractivity contribution is -0.198. The highest BCUT2D eigenvalue weighted by molar-refractivity contribution is 7.89. The van der Waals surface area contributed by atoms with E-state index >= 15 is 0 Å². The van der Waals surface area contributed by atoms with Crippen molar-refractivity contribution in [3.05, 3.63) is 24.3 Å². The van der Waals surface area contributed by atoms with E-state index in [0.29, 0.717) is 4.90 Å². The number of amides is 4. The summed E-state index contributed by atoms with van der Waals surface area (Å²) in [7, 11) is -4.88. The Bertz CT molecular complexity index is 931. The Kier molecular flexibility index (Phi) is 5.95. The molecule has 2 rings (SSSR count). The van der Waals surface area contributed by atoms with Gasteiger partial charge in [-0.05, 0) is 30.2 Å². The van der Waals surface area contributed by atoms with Crippen molar-refractivity contribution in [1.82, 2.24) is 14.9 Å². The SMILES string of the molecule is CC(=O)Nc1ccc(S(=O)(=O)N[C@@]2(C(F)(F)F)NC(=O)N(CC(C)C)C2=O)cc1. The molecular formula is C16H19F3N4O5S. The number of benzene rings is 1. The highest BCUT2D eigenvalue weighted by Gasteiger charge is 2.69. The van der Waals surface area contributed by atoms with Crippen LogP contribution in [0, 0.1) is 5.92 Å². The van der Waals surface area contributed by atoms with E-state index in [2.05, 4.69) is 5.32 Å². The van der Waals surface area contributed by atoms with Gasteiger partial charge in [-0.1, -0.05) is 13.8 Å². The van der Waals surface area contributed by atoms with E-state index in [-0.39, 0.29) is 18.2 Å².